The molecule has 1 rings (SSSR count). The number of hydrogen-bond donors (Lipinski definition) is 1. The minimum absolute atomic E-state index is 0.0144. The zero-order valence-electron chi connectivity index (χ0n) is 6.64. The van der Waals surface area contributed by atoms with Crippen molar-refractivity contribution in [3.8, 4) is 0 Å². The fourth-order valence-corrected chi connectivity index (χ4v) is 1.30. The first kappa shape index (κ1) is 9.80. The number of aliphatic hydroxyl groups is 1. The maximum atomic E-state index is 11.7. The zero-order valence-corrected chi connectivity index (χ0v) is 6.64. The molecule has 0 radical (unpaired) electrons. The molecule has 1 aliphatic rings. The lowest BCUT2D eigenvalue weighted by Gasteiger charge is -2.15. The Bertz CT molecular complexity index is 148. The molecule has 12 heavy (non-hydrogen) atoms. The average molecular weight is 183 g/mol. The molecule has 1 N–H and O–H groups in total. The summed E-state index contributed by atoms with van der Waals surface area (Å²) in [5.74, 6) is 0. The van der Waals surface area contributed by atoms with Crippen molar-refractivity contribution < 1.29 is 18.3 Å². The lowest BCUT2D eigenvalue weighted by molar-refractivity contribution is -0.137. The quantitative estimate of drug-likeness (QED) is 0.690. The van der Waals surface area contributed by atoms with Crippen molar-refractivity contribution in [2.45, 2.75) is 25.1 Å². The predicted octanol–water partition coefficient (Wildman–Crippen LogP) is 1.01. The van der Waals surface area contributed by atoms with E-state index in [1.165, 1.54) is 0 Å². The maximum Gasteiger partial charge on any atom is 0.390 e. The van der Waals surface area contributed by atoms with Crippen molar-refractivity contribution in [1.82, 2.24) is 4.90 Å². The van der Waals surface area contributed by atoms with E-state index in [4.69, 9.17) is 5.11 Å². The molecular formula is C7H12F3NO. The summed E-state index contributed by atoms with van der Waals surface area (Å²) in [6, 6.07) is 0. The van der Waals surface area contributed by atoms with Gasteiger partial charge in [-0.1, -0.05) is 0 Å². The van der Waals surface area contributed by atoms with Crippen molar-refractivity contribution in [1.29, 1.82) is 0 Å². The van der Waals surface area contributed by atoms with Gasteiger partial charge in [0.2, 0.25) is 0 Å². The predicted molar refractivity (Wildman–Crippen MR) is 37.7 cm³/mol. The highest BCUT2D eigenvalue weighted by molar-refractivity contribution is 4.74. The summed E-state index contributed by atoms with van der Waals surface area (Å²) in [6.45, 7) is 0.980. The number of halogens is 3. The molecule has 0 spiro atoms. The fraction of sp³-hybridized carbons (Fsp3) is 1.00. The molecule has 0 unspecified atom stereocenters. The van der Waals surface area contributed by atoms with Gasteiger partial charge >= 0.3 is 6.18 Å². The second-order valence-electron chi connectivity index (χ2n) is 3.11. The third-order valence-corrected chi connectivity index (χ3v) is 1.96. The van der Waals surface area contributed by atoms with Crippen LogP contribution in [-0.4, -0.2) is 41.9 Å². The van der Waals surface area contributed by atoms with E-state index in [1.807, 2.05) is 0 Å². The molecule has 1 heterocycles. The lowest BCUT2D eigenvalue weighted by atomic mass is 10.3. The van der Waals surface area contributed by atoms with Crippen LogP contribution in [0.25, 0.3) is 0 Å². The Labute approximate surface area is 69.0 Å². The number of alkyl halides is 3. The minimum atomic E-state index is -4.08. The van der Waals surface area contributed by atoms with Crippen molar-refractivity contribution in [2.75, 3.05) is 19.6 Å². The number of nitrogens with zero attached hydrogens (tertiary/aromatic N) is 1. The maximum absolute atomic E-state index is 11.7. The molecule has 0 amide bonds. The van der Waals surface area contributed by atoms with E-state index in [9.17, 15) is 13.2 Å². The van der Waals surface area contributed by atoms with Crippen LogP contribution in [0.1, 0.15) is 12.8 Å². The summed E-state index contributed by atoms with van der Waals surface area (Å²) in [5, 5.41) is 9.01. The molecule has 2 nitrogen and oxygen atoms in total. The van der Waals surface area contributed by atoms with E-state index < -0.39 is 18.7 Å². The van der Waals surface area contributed by atoms with Gasteiger partial charge in [0, 0.05) is 19.6 Å². The molecule has 1 aliphatic heterocycles. The van der Waals surface area contributed by atoms with Crippen LogP contribution in [0.5, 0.6) is 0 Å². The van der Waals surface area contributed by atoms with Crippen LogP contribution >= 0.6 is 0 Å². The summed E-state index contributed by atoms with van der Waals surface area (Å²) in [5.41, 5.74) is 0. The average Bonchev–Trinajstić information content (AvgIpc) is 2.30. The number of likely N-dealkylation sites (tertiary alicyclic amines) is 1. The summed E-state index contributed by atoms with van der Waals surface area (Å²) in [7, 11) is 0. The third kappa shape index (κ3) is 3.40. The van der Waals surface area contributed by atoms with Crippen LogP contribution < -0.4 is 0 Å². The van der Waals surface area contributed by atoms with Gasteiger partial charge in [-0.15, -0.1) is 0 Å². The van der Waals surface area contributed by atoms with Gasteiger partial charge in [-0.25, -0.2) is 0 Å². The Morgan fingerprint density at radius 2 is 2.08 bits per heavy atom. The van der Waals surface area contributed by atoms with Gasteiger partial charge in [-0.05, 0) is 6.42 Å². The summed E-state index contributed by atoms with van der Waals surface area (Å²) in [4.78, 5) is 1.64. The molecule has 5 heteroatoms. The number of aliphatic hydroxyl groups excluding tert-OH is 1. The second-order valence-corrected chi connectivity index (χ2v) is 3.11. The number of rotatable bonds is 2. The first-order valence-electron chi connectivity index (χ1n) is 3.94. The van der Waals surface area contributed by atoms with Crippen molar-refractivity contribution in [3.05, 3.63) is 0 Å². The molecule has 0 bridgehead atoms. The van der Waals surface area contributed by atoms with Gasteiger partial charge in [0.05, 0.1) is 12.5 Å². The van der Waals surface area contributed by atoms with Gasteiger partial charge in [-0.2, -0.15) is 13.2 Å². The summed E-state index contributed by atoms with van der Waals surface area (Å²) in [6.07, 6.45) is -4.69. The Hall–Kier alpha value is -0.290. The molecule has 1 atom stereocenters. The lowest BCUT2D eigenvalue weighted by Crippen LogP contribution is -2.26. The van der Waals surface area contributed by atoms with Gasteiger partial charge < -0.3 is 10.0 Å². The van der Waals surface area contributed by atoms with Gasteiger partial charge in [0.25, 0.3) is 0 Å². The van der Waals surface area contributed by atoms with E-state index in [0.29, 0.717) is 19.5 Å². The summed E-state index contributed by atoms with van der Waals surface area (Å²) >= 11 is 0. The van der Waals surface area contributed by atoms with Crippen LogP contribution in [0, 0.1) is 0 Å². The molecule has 0 aromatic carbocycles. The topological polar surface area (TPSA) is 23.5 Å². The molecule has 1 fully saturated rings. The Balaban J connectivity index is 2.16. The third-order valence-electron chi connectivity index (χ3n) is 1.96. The highest BCUT2D eigenvalue weighted by Crippen LogP contribution is 2.21. The molecule has 1 saturated heterocycles. The van der Waals surface area contributed by atoms with Crippen LogP contribution in [-0.2, 0) is 0 Å². The molecule has 0 aliphatic carbocycles. The van der Waals surface area contributed by atoms with Crippen LogP contribution in [0.4, 0.5) is 13.2 Å². The van der Waals surface area contributed by atoms with Gasteiger partial charge in [0.15, 0.2) is 0 Å². The van der Waals surface area contributed by atoms with Crippen molar-refractivity contribution >= 4 is 0 Å². The van der Waals surface area contributed by atoms with E-state index in [0.717, 1.165) is 0 Å². The monoisotopic (exact) mass is 183 g/mol. The molecule has 72 valence electrons. The van der Waals surface area contributed by atoms with Gasteiger partial charge in [-0.3, -0.25) is 0 Å². The first-order valence-corrected chi connectivity index (χ1v) is 3.94. The second kappa shape index (κ2) is 3.62. The zero-order chi connectivity index (χ0) is 9.19. The Morgan fingerprint density at radius 3 is 2.50 bits per heavy atom. The largest absolute Gasteiger partial charge is 0.392 e. The minimum Gasteiger partial charge on any atom is -0.392 e. The highest BCUT2D eigenvalue weighted by atomic mass is 19.4. The van der Waals surface area contributed by atoms with E-state index in [-0.39, 0.29) is 6.54 Å². The standard InChI is InChI=1S/C7H12F3NO/c8-7(9,10)2-4-11-3-1-6(12)5-11/h6,12H,1-5H2/t6-/m0/s1. The Kier molecular flexibility index (Phi) is 2.95. The van der Waals surface area contributed by atoms with Gasteiger partial charge in [0.1, 0.15) is 0 Å². The summed E-state index contributed by atoms with van der Waals surface area (Å²) < 4.78 is 35.2. The highest BCUT2D eigenvalue weighted by Gasteiger charge is 2.29. The number of hydrogen-bond acceptors (Lipinski definition) is 2. The molecule has 0 aromatic heterocycles. The van der Waals surface area contributed by atoms with Crippen molar-refractivity contribution in [3.63, 3.8) is 0 Å². The van der Waals surface area contributed by atoms with Crippen LogP contribution in [0.3, 0.4) is 0 Å². The van der Waals surface area contributed by atoms with E-state index in [2.05, 4.69) is 0 Å². The molecule has 0 aromatic rings. The first-order chi connectivity index (χ1) is 5.47. The van der Waals surface area contributed by atoms with E-state index in [1.54, 1.807) is 4.90 Å². The van der Waals surface area contributed by atoms with Crippen LogP contribution in [0.15, 0.2) is 0 Å². The normalized spacial score (nSPS) is 26.5. The molecule has 0 saturated carbocycles. The smallest absolute Gasteiger partial charge is 0.390 e. The van der Waals surface area contributed by atoms with Crippen LogP contribution in [0.2, 0.25) is 0 Å². The van der Waals surface area contributed by atoms with E-state index >= 15 is 0 Å². The SMILES string of the molecule is O[C@H]1CCN(CCC(F)(F)F)C1. The fourth-order valence-electron chi connectivity index (χ4n) is 1.30. The number of β-amino-alcohol motifs (C(OH)–C–C–N with tert-alkyl or cyclic N) is 1. The Morgan fingerprint density at radius 1 is 1.42 bits per heavy atom. The van der Waals surface area contributed by atoms with Crippen molar-refractivity contribution in [2.24, 2.45) is 0 Å². The molecular weight excluding hydrogens is 171 g/mol.